The van der Waals surface area contributed by atoms with Crippen LogP contribution >= 0.6 is 0 Å². The number of rotatable bonds is 3. The van der Waals surface area contributed by atoms with Gasteiger partial charge in [0.2, 0.25) is 0 Å². The number of aromatic nitrogens is 2. The van der Waals surface area contributed by atoms with Crippen molar-refractivity contribution in [1.82, 2.24) is 9.78 Å². The topological polar surface area (TPSA) is 44.1 Å². The Kier molecular flexibility index (Phi) is 3.41. The first-order valence-corrected chi connectivity index (χ1v) is 5.59. The summed E-state index contributed by atoms with van der Waals surface area (Å²) in [5, 5.41) is 4.17. The first-order chi connectivity index (χ1) is 8.61. The van der Waals surface area contributed by atoms with Crippen LogP contribution in [0.15, 0.2) is 30.3 Å². The van der Waals surface area contributed by atoms with Crippen LogP contribution in [0.4, 0.5) is 4.39 Å². The molecule has 0 aliphatic rings. The highest BCUT2D eigenvalue weighted by Gasteiger charge is 2.15. The Morgan fingerprint density at radius 3 is 2.89 bits per heavy atom. The van der Waals surface area contributed by atoms with E-state index in [0.29, 0.717) is 23.6 Å². The molecule has 5 heteroatoms. The largest absolute Gasteiger partial charge is 0.461 e. The summed E-state index contributed by atoms with van der Waals surface area (Å²) in [7, 11) is 1.65. The van der Waals surface area contributed by atoms with Gasteiger partial charge >= 0.3 is 5.97 Å². The third kappa shape index (κ3) is 2.40. The van der Waals surface area contributed by atoms with Crippen molar-refractivity contribution in [2.45, 2.75) is 6.92 Å². The van der Waals surface area contributed by atoms with Gasteiger partial charge in [0, 0.05) is 12.6 Å². The number of carbonyl (C=O) groups is 1. The minimum absolute atomic E-state index is 0.305. The van der Waals surface area contributed by atoms with E-state index in [0.717, 1.165) is 0 Å². The highest BCUT2D eigenvalue weighted by molar-refractivity contribution is 5.89. The van der Waals surface area contributed by atoms with Crippen molar-refractivity contribution in [1.29, 1.82) is 0 Å². The minimum atomic E-state index is -0.435. The van der Waals surface area contributed by atoms with Crippen LogP contribution in [0.25, 0.3) is 11.3 Å². The molecule has 0 radical (unpaired) electrons. The monoisotopic (exact) mass is 248 g/mol. The van der Waals surface area contributed by atoms with E-state index in [2.05, 4.69) is 5.10 Å². The molecule has 0 spiro atoms. The van der Waals surface area contributed by atoms with Gasteiger partial charge in [-0.25, -0.2) is 9.18 Å². The number of aryl methyl sites for hydroxylation is 1. The fourth-order valence-electron chi connectivity index (χ4n) is 1.65. The van der Waals surface area contributed by atoms with Gasteiger partial charge in [0.25, 0.3) is 0 Å². The van der Waals surface area contributed by atoms with Crippen LogP contribution in [-0.2, 0) is 11.8 Å². The predicted molar refractivity (Wildman–Crippen MR) is 64.6 cm³/mol. The molecular formula is C13H13FN2O2. The van der Waals surface area contributed by atoms with Crippen molar-refractivity contribution in [2.75, 3.05) is 6.61 Å². The van der Waals surface area contributed by atoms with E-state index in [4.69, 9.17) is 4.74 Å². The van der Waals surface area contributed by atoms with E-state index >= 15 is 0 Å². The molecule has 0 bridgehead atoms. The number of carbonyl (C=O) groups excluding carboxylic acids is 1. The molecule has 0 saturated heterocycles. The Morgan fingerprint density at radius 1 is 1.44 bits per heavy atom. The number of ether oxygens (including phenoxy) is 1. The highest BCUT2D eigenvalue weighted by Crippen LogP contribution is 2.20. The highest BCUT2D eigenvalue weighted by atomic mass is 19.1. The number of hydrogen-bond acceptors (Lipinski definition) is 3. The zero-order valence-electron chi connectivity index (χ0n) is 10.2. The van der Waals surface area contributed by atoms with E-state index in [-0.39, 0.29) is 5.82 Å². The van der Waals surface area contributed by atoms with Gasteiger partial charge in [-0.05, 0) is 25.1 Å². The van der Waals surface area contributed by atoms with Crippen LogP contribution in [0.2, 0.25) is 0 Å². The fraction of sp³-hybridized carbons (Fsp3) is 0.231. The summed E-state index contributed by atoms with van der Waals surface area (Å²) >= 11 is 0. The van der Waals surface area contributed by atoms with Gasteiger partial charge in [0.1, 0.15) is 11.5 Å². The molecule has 1 aromatic heterocycles. The average molecular weight is 248 g/mol. The Hall–Kier alpha value is -2.17. The van der Waals surface area contributed by atoms with Crippen molar-refractivity contribution in [3.63, 3.8) is 0 Å². The maximum absolute atomic E-state index is 13.1. The molecule has 94 valence electrons. The van der Waals surface area contributed by atoms with Crippen LogP contribution in [0.5, 0.6) is 0 Å². The smallest absolute Gasteiger partial charge is 0.356 e. The molecule has 1 heterocycles. The molecule has 0 aliphatic heterocycles. The maximum Gasteiger partial charge on any atom is 0.356 e. The van der Waals surface area contributed by atoms with Gasteiger partial charge < -0.3 is 4.74 Å². The second-order valence-electron chi connectivity index (χ2n) is 3.77. The molecule has 2 aromatic rings. The molecule has 0 unspecified atom stereocenters. The Labute approximate surface area is 104 Å². The zero-order valence-corrected chi connectivity index (χ0v) is 10.2. The average Bonchev–Trinajstić information content (AvgIpc) is 2.72. The molecule has 0 atom stereocenters. The summed E-state index contributed by atoms with van der Waals surface area (Å²) in [6.45, 7) is 2.04. The van der Waals surface area contributed by atoms with E-state index in [1.54, 1.807) is 32.2 Å². The van der Waals surface area contributed by atoms with Crippen LogP contribution in [0, 0.1) is 5.82 Å². The molecular weight excluding hydrogens is 235 g/mol. The molecule has 1 aromatic carbocycles. The van der Waals surface area contributed by atoms with Crippen LogP contribution in [0.1, 0.15) is 17.4 Å². The molecule has 18 heavy (non-hydrogen) atoms. The summed E-state index contributed by atoms with van der Waals surface area (Å²) in [5.74, 6) is -0.772. The van der Waals surface area contributed by atoms with Crippen LogP contribution in [0.3, 0.4) is 0 Å². The lowest BCUT2D eigenvalue weighted by molar-refractivity contribution is 0.0513. The van der Waals surface area contributed by atoms with Crippen molar-refractivity contribution < 1.29 is 13.9 Å². The predicted octanol–water partition coefficient (Wildman–Crippen LogP) is 2.40. The van der Waals surface area contributed by atoms with Gasteiger partial charge in [0.05, 0.1) is 12.3 Å². The van der Waals surface area contributed by atoms with E-state index in [1.807, 2.05) is 0 Å². The fourth-order valence-corrected chi connectivity index (χ4v) is 1.65. The lowest BCUT2D eigenvalue weighted by atomic mass is 10.1. The molecule has 0 N–H and O–H groups in total. The number of esters is 1. The SMILES string of the molecule is CCOC(=O)c1cc(-c2cccc(F)c2)nn1C. The summed E-state index contributed by atoms with van der Waals surface area (Å²) < 4.78 is 19.4. The third-order valence-corrected chi connectivity index (χ3v) is 2.48. The molecule has 4 nitrogen and oxygen atoms in total. The Bertz CT molecular complexity index is 578. The third-order valence-electron chi connectivity index (χ3n) is 2.48. The molecule has 2 rings (SSSR count). The second kappa shape index (κ2) is 5.00. The minimum Gasteiger partial charge on any atom is -0.461 e. The van der Waals surface area contributed by atoms with E-state index in [1.165, 1.54) is 16.8 Å². The van der Waals surface area contributed by atoms with Crippen LogP contribution in [-0.4, -0.2) is 22.4 Å². The summed E-state index contributed by atoms with van der Waals surface area (Å²) in [4.78, 5) is 11.6. The Morgan fingerprint density at radius 2 is 2.22 bits per heavy atom. The second-order valence-corrected chi connectivity index (χ2v) is 3.77. The van der Waals surface area contributed by atoms with Gasteiger partial charge in [-0.3, -0.25) is 4.68 Å². The maximum atomic E-state index is 13.1. The van der Waals surface area contributed by atoms with Crippen molar-refractivity contribution in [2.24, 2.45) is 7.05 Å². The van der Waals surface area contributed by atoms with E-state index < -0.39 is 5.97 Å². The van der Waals surface area contributed by atoms with Gasteiger partial charge in [-0.2, -0.15) is 5.10 Å². The first kappa shape index (κ1) is 12.3. The van der Waals surface area contributed by atoms with Gasteiger partial charge in [-0.15, -0.1) is 0 Å². The van der Waals surface area contributed by atoms with Gasteiger partial charge in [-0.1, -0.05) is 12.1 Å². The molecule has 0 aliphatic carbocycles. The van der Waals surface area contributed by atoms with Gasteiger partial charge in [0.15, 0.2) is 0 Å². The Balaban J connectivity index is 2.37. The molecule has 0 amide bonds. The zero-order chi connectivity index (χ0) is 13.1. The lowest BCUT2D eigenvalue weighted by Crippen LogP contribution is -2.10. The van der Waals surface area contributed by atoms with Crippen molar-refractivity contribution >= 4 is 5.97 Å². The summed E-state index contributed by atoms with van der Waals surface area (Å²) in [6, 6.07) is 7.66. The molecule has 0 fully saturated rings. The van der Waals surface area contributed by atoms with Crippen molar-refractivity contribution in [3.8, 4) is 11.3 Å². The van der Waals surface area contributed by atoms with E-state index in [9.17, 15) is 9.18 Å². The lowest BCUT2D eigenvalue weighted by Gasteiger charge is -1.99. The standard InChI is InChI=1S/C13H13FN2O2/c1-3-18-13(17)12-8-11(15-16(12)2)9-5-4-6-10(14)7-9/h4-8H,3H2,1-2H3. The number of nitrogens with zero attached hydrogens (tertiary/aromatic N) is 2. The number of hydrogen-bond donors (Lipinski definition) is 0. The normalized spacial score (nSPS) is 10.4. The molecule has 0 saturated carbocycles. The number of halogens is 1. The van der Waals surface area contributed by atoms with Crippen molar-refractivity contribution in [3.05, 3.63) is 41.8 Å². The first-order valence-electron chi connectivity index (χ1n) is 5.59. The summed E-state index contributed by atoms with van der Waals surface area (Å²) in [5.41, 5.74) is 1.51. The quantitative estimate of drug-likeness (QED) is 0.783. The number of benzene rings is 1. The van der Waals surface area contributed by atoms with Crippen LogP contribution < -0.4 is 0 Å². The summed E-state index contributed by atoms with van der Waals surface area (Å²) in [6.07, 6.45) is 0.